The molecule has 4 rings (SSSR count). The third kappa shape index (κ3) is 3.91. The average Bonchev–Trinajstić information content (AvgIpc) is 3.22. The predicted octanol–water partition coefficient (Wildman–Crippen LogP) is 3.17. The Bertz CT molecular complexity index is 1130. The van der Waals surface area contributed by atoms with E-state index in [-0.39, 0.29) is 6.01 Å². The molecule has 0 amide bonds. The summed E-state index contributed by atoms with van der Waals surface area (Å²) in [7, 11) is 3.06. The van der Waals surface area contributed by atoms with Crippen LogP contribution in [-0.2, 0) is 6.54 Å². The van der Waals surface area contributed by atoms with E-state index in [9.17, 15) is 0 Å². The molecule has 8 nitrogen and oxygen atoms in total. The molecule has 146 valence electrons. The van der Waals surface area contributed by atoms with Gasteiger partial charge < -0.3 is 14.0 Å². The highest BCUT2D eigenvalue weighted by atomic mass is 16.5. The van der Waals surface area contributed by atoms with Gasteiger partial charge in [0, 0.05) is 48.7 Å². The van der Waals surface area contributed by atoms with E-state index < -0.39 is 0 Å². The molecule has 4 aromatic heterocycles. The maximum absolute atomic E-state index is 5.38. The van der Waals surface area contributed by atoms with Crippen molar-refractivity contribution in [3.05, 3.63) is 66.5 Å². The normalized spacial score (nSPS) is 10.7. The molecule has 4 heterocycles. The molecule has 0 fully saturated rings. The van der Waals surface area contributed by atoms with Crippen LogP contribution in [0.3, 0.4) is 0 Å². The standard InChI is InChI=1S/C21H20N6O2/c1-14-17(16-6-9-27(13-16)12-15-4-7-22-8-5-15)10-19(26-25-14)18-11-23-21(29-3)24-20(18)28-2/h4-11,13H,12H2,1-3H3. The van der Waals surface area contributed by atoms with Crippen molar-refractivity contribution in [3.63, 3.8) is 0 Å². The van der Waals surface area contributed by atoms with E-state index in [1.807, 2.05) is 31.3 Å². The van der Waals surface area contributed by atoms with E-state index in [4.69, 9.17) is 9.47 Å². The minimum Gasteiger partial charge on any atom is -0.480 e. The van der Waals surface area contributed by atoms with E-state index in [1.165, 1.54) is 12.7 Å². The van der Waals surface area contributed by atoms with Crippen LogP contribution >= 0.6 is 0 Å². The number of hydrogen-bond acceptors (Lipinski definition) is 7. The van der Waals surface area contributed by atoms with Gasteiger partial charge in [-0.1, -0.05) is 0 Å². The van der Waals surface area contributed by atoms with Crippen molar-refractivity contribution in [2.75, 3.05) is 14.2 Å². The molecule has 0 aliphatic rings. The van der Waals surface area contributed by atoms with Crippen LogP contribution in [0.2, 0.25) is 0 Å². The summed E-state index contributed by atoms with van der Waals surface area (Å²) in [4.78, 5) is 12.5. The van der Waals surface area contributed by atoms with Crippen LogP contribution in [0.25, 0.3) is 22.4 Å². The van der Waals surface area contributed by atoms with Crippen LogP contribution in [0.15, 0.2) is 55.2 Å². The van der Waals surface area contributed by atoms with Gasteiger partial charge in [0.15, 0.2) is 0 Å². The lowest BCUT2D eigenvalue weighted by Crippen LogP contribution is -2.00. The van der Waals surface area contributed by atoms with Crippen molar-refractivity contribution in [2.24, 2.45) is 0 Å². The van der Waals surface area contributed by atoms with Crippen molar-refractivity contribution < 1.29 is 9.47 Å². The fourth-order valence-electron chi connectivity index (χ4n) is 3.05. The summed E-state index contributed by atoms with van der Waals surface area (Å²) in [6.45, 7) is 2.71. The molecule has 0 bridgehead atoms. The number of rotatable bonds is 6. The number of pyridine rings is 1. The van der Waals surface area contributed by atoms with Crippen molar-refractivity contribution in [1.82, 2.24) is 29.7 Å². The summed E-state index contributed by atoms with van der Waals surface area (Å²) >= 11 is 0. The van der Waals surface area contributed by atoms with Gasteiger partial charge in [-0.05, 0) is 36.8 Å². The van der Waals surface area contributed by atoms with E-state index in [0.29, 0.717) is 17.1 Å². The summed E-state index contributed by atoms with van der Waals surface area (Å²) in [5.74, 6) is 0.385. The van der Waals surface area contributed by atoms with Gasteiger partial charge >= 0.3 is 6.01 Å². The number of ether oxygens (including phenoxy) is 2. The van der Waals surface area contributed by atoms with E-state index in [1.54, 1.807) is 25.7 Å². The zero-order chi connectivity index (χ0) is 20.2. The predicted molar refractivity (Wildman–Crippen MR) is 108 cm³/mol. The van der Waals surface area contributed by atoms with Crippen LogP contribution in [0.4, 0.5) is 0 Å². The zero-order valence-corrected chi connectivity index (χ0v) is 16.4. The lowest BCUT2D eigenvalue weighted by molar-refractivity contribution is 0.353. The second-order valence-electron chi connectivity index (χ2n) is 6.44. The largest absolute Gasteiger partial charge is 0.480 e. The minimum atomic E-state index is 0.235. The third-order valence-corrected chi connectivity index (χ3v) is 4.54. The van der Waals surface area contributed by atoms with Crippen LogP contribution in [0.1, 0.15) is 11.3 Å². The molecule has 0 saturated heterocycles. The Morgan fingerprint density at radius 1 is 1.00 bits per heavy atom. The Labute approximate surface area is 168 Å². The zero-order valence-electron chi connectivity index (χ0n) is 16.4. The number of hydrogen-bond donors (Lipinski definition) is 0. The fourth-order valence-corrected chi connectivity index (χ4v) is 3.05. The summed E-state index contributed by atoms with van der Waals surface area (Å²) in [5.41, 5.74) is 5.35. The van der Waals surface area contributed by atoms with Gasteiger partial charge in [-0.15, -0.1) is 5.10 Å². The lowest BCUT2D eigenvalue weighted by Gasteiger charge is -2.09. The molecule has 0 saturated carbocycles. The van der Waals surface area contributed by atoms with Gasteiger partial charge in [0.1, 0.15) is 5.69 Å². The Kier molecular flexibility index (Phi) is 5.15. The monoisotopic (exact) mass is 388 g/mol. The summed E-state index contributed by atoms with van der Waals surface area (Å²) in [6.07, 6.45) is 9.37. The average molecular weight is 388 g/mol. The molecule has 8 heteroatoms. The van der Waals surface area contributed by atoms with Gasteiger partial charge in [-0.2, -0.15) is 10.1 Å². The highest BCUT2D eigenvalue weighted by molar-refractivity contribution is 5.73. The van der Waals surface area contributed by atoms with Crippen LogP contribution in [-0.4, -0.2) is 43.9 Å². The van der Waals surface area contributed by atoms with Crippen molar-refractivity contribution in [2.45, 2.75) is 13.5 Å². The number of aryl methyl sites for hydroxylation is 1. The summed E-state index contributed by atoms with van der Waals surface area (Å²) < 4.78 is 12.6. The Hall–Kier alpha value is -3.81. The first-order valence-electron chi connectivity index (χ1n) is 9.02. The molecule has 0 aliphatic carbocycles. The lowest BCUT2D eigenvalue weighted by atomic mass is 10.1. The molecule has 0 atom stereocenters. The Morgan fingerprint density at radius 3 is 2.59 bits per heavy atom. The smallest absolute Gasteiger partial charge is 0.319 e. The van der Waals surface area contributed by atoms with E-state index in [2.05, 4.69) is 42.0 Å². The van der Waals surface area contributed by atoms with Crippen molar-refractivity contribution >= 4 is 0 Å². The van der Waals surface area contributed by atoms with Crippen LogP contribution < -0.4 is 9.47 Å². The Balaban J connectivity index is 1.68. The number of methoxy groups -OCH3 is 2. The minimum absolute atomic E-state index is 0.235. The summed E-state index contributed by atoms with van der Waals surface area (Å²) in [5, 5.41) is 8.64. The quantitative estimate of drug-likeness (QED) is 0.501. The molecule has 0 unspecified atom stereocenters. The first kappa shape index (κ1) is 18.5. The fraction of sp³-hybridized carbons (Fsp3) is 0.190. The number of aromatic nitrogens is 6. The Morgan fingerprint density at radius 2 is 1.83 bits per heavy atom. The summed E-state index contributed by atoms with van der Waals surface area (Å²) in [6, 6.07) is 8.29. The molecule has 0 spiro atoms. The molecule has 4 aromatic rings. The van der Waals surface area contributed by atoms with Crippen molar-refractivity contribution in [1.29, 1.82) is 0 Å². The van der Waals surface area contributed by atoms with Crippen LogP contribution in [0.5, 0.6) is 11.9 Å². The second-order valence-corrected chi connectivity index (χ2v) is 6.44. The maximum atomic E-state index is 5.38. The molecular weight excluding hydrogens is 368 g/mol. The molecular formula is C21H20N6O2. The molecule has 0 N–H and O–H groups in total. The molecule has 0 radical (unpaired) electrons. The van der Waals surface area contributed by atoms with Gasteiger partial charge in [0.25, 0.3) is 0 Å². The van der Waals surface area contributed by atoms with Crippen LogP contribution in [0, 0.1) is 6.92 Å². The van der Waals surface area contributed by atoms with Gasteiger partial charge in [0.05, 0.1) is 25.5 Å². The van der Waals surface area contributed by atoms with E-state index >= 15 is 0 Å². The topological polar surface area (TPSA) is 87.8 Å². The second kappa shape index (κ2) is 8.05. The molecule has 0 aromatic carbocycles. The van der Waals surface area contributed by atoms with E-state index in [0.717, 1.165) is 23.4 Å². The van der Waals surface area contributed by atoms with Crippen molar-refractivity contribution in [3.8, 4) is 34.3 Å². The molecule has 0 aliphatic heterocycles. The molecule has 29 heavy (non-hydrogen) atoms. The maximum Gasteiger partial charge on any atom is 0.319 e. The SMILES string of the molecule is COc1ncc(-c2cc(-c3ccn(Cc4ccncc4)c3)c(C)nn2)c(OC)n1. The third-order valence-electron chi connectivity index (χ3n) is 4.54. The van der Waals surface area contributed by atoms with Gasteiger partial charge in [-0.3, -0.25) is 4.98 Å². The number of nitrogens with zero attached hydrogens (tertiary/aromatic N) is 6. The highest BCUT2D eigenvalue weighted by Gasteiger charge is 2.15. The first-order valence-corrected chi connectivity index (χ1v) is 9.02. The van der Waals surface area contributed by atoms with Gasteiger partial charge in [0.2, 0.25) is 5.88 Å². The van der Waals surface area contributed by atoms with Gasteiger partial charge in [-0.25, -0.2) is 4.98 Å². The highest BCUT2D eigenvalue weighted by Crippen LogP contribution is 2.31. The first-order chi connectivity index (χ1) is 14.2.